The van der Waals surface area contributed by atoms with Crippen molar-refractivity contribution in [2.75, 3.05) is 6.54 Å². The van der Waals surface area contributed by atoms with Crippen LogP contribution in [0.4, 0.5) is 0 Å². The summed E-state index contributed by atoms with van der Waals surface area (Å²) in [6.07, 6.45) is 4.51. The molecule has 0 aliphatic heterocycles. The molecule has 0 amide bonds. The third kappa shape index (κ3) is 1.64. The van der Waals surface area contributed by atoms with E-state index >= 15 is 0 Å². The van der Waals surface area contributed by atoms with Crippen LogP contribution in [0.25, 0.3) is 0 Å². The maximum atomic E-state index is 11.1. The van der Waals surface area contributed by atoms with E-state index < -0.39 is 0 Å². The van der Waals surface area contributed by atoms with Crippen molar-refractivity contribution in [2.24, 2.45) is 0 Å². The predicted octanol–water partition coefficient (Wildman–Crippen LogP) is 2.16. The molecule has 1 N–H and O–H groups in total. The van der Waals surface area contributed by atoms with Gasteiger partial charge >= 0.3 is 0 Å². The van der Waals surface area contributed by atoms with E-state index in [0.29, 0.717) is 12.3 Å². The molecule has 0 fully saturated rings. The lowest BCUT2D eigenvalue weighted by atomic mass is 9.77. The smallest absolute Gasteiger partial charge is 0.157 e. The van der Waals surface area contributed by atoms with Crippen molar-refractivity contribution in [2.45, 2.75) is 25.2 Å². The van der Waals surface area contributed by atoms with E-state index in [-0.39, 0.29) is 5.78 Å². The van der Waals surface area contributed by atoms with Crippen LogP contribution in [0.1, 0.15) is 29.9 Å². The molecule has 1 aromatic rings. The monoisotopic (exact) mass is 213 g/mol. The van der Waals surface area contributed by atoms with Crippen LogP contribution in [0.15, 0.2) is 36.0 Å². The highest BCUT2D eigenvalue weighted by Crippen LogP contribution is 2.34. The molecule has 16 heavy (non-hydrogen) atoms. The van der Waals surface area contributed by atoms with Crippen LogP contribution in [0.5, 0.6) is 0 Å². The number of nitrogens with one attached hydrogen (secondary N) is 1. The first kappa shape index (κ1) is 9.64. The minimum absolute atomic E-state index is 0.261. The Kier molecular flexibility index (Phi) is 2.28. The van der Waals surface area contributed by atoms with Crippen molar-refractivity contribution in [3.8, 4) is 0 Å². The van der Waals surface area contributed by atoms with Gasteiger partial charge in [0, 0.05) is 30.7 Å². The summed E-state index contributed by atoms with van der Waals surface area (Å²) in [7, 11) is 0. The van der Waals surface area contributed by atoms with Gasteiger partial charge in [0.15, 0.2) is 5.78 Å². The van der Waals surface area contributed by atoms with Crippen LogP contribution in [0.2, 0.25) is 0 Å². The lowest BCUT2D eigenvalue weighted by Crippen LogP contribution is -2.28. The summed E-state index contributed by atoms with van der Waals surface area (Å²) in [4.78, 5) is 11.1. The molecule has 2 aliphatic carbocycles. The molecular formula is C14H15NO. The number of carbonyl (C=O) groups excluding carboxylic acids is 1. The van der Waals surface area contributed by atoms with Crippen LogP contribution >= 0.6 is 0 Å². The van der Waals surface area contributed by atoms with Crippen molar-refractivity contribution in [1.29, 1.82) is 0 Å². The first-order valence-electron chi connectivity index (χ1n) is 5.88. The summed E-state index contributed by atoms with van der Waals surface area (Å²) in [5, 5.41) is 3.40. The molecule has 2 nitrogen and oxygen atoms in total. The number of ketones is 1. The van der Waals surface area contributed by atoms with Crippen molar-refractivity contribution in [3.05, 3.63) is 47.2 Å². The Morgan fingerprint density at radius 2 is 2.12 bits per heavy atom. The number of hydrogen-bond donors (Lipinski definition) is 1. The van der Waals surface area contributed by atoms with Gasteiger partial charge in [-0.05, 0) is 24.0 Å². The van der Waals surface area contributed by atoms with Crippen LogP contribution in [-0.2, 0) is 11.2 Å². The molecule has 0 spiro atoms. The minimum atomic E-state index is 0.261. The van der Waals surface area contributed by atoms with Crippen LogP contribution in [0.3, 0.4) is 0 Å². The van der Waals surface area contributed by atoms with E-state index in [4.69, 9.17) is 0 Å². The largest absolute Gasteiger partial charge is 0.388 e. The van der Waals surface area contributed by atoms with Gasteiger partial charge in [-0.1, -0.05) is 24.3 Å². The second kappa shape index (κ2) is 3.78. The van der Waals surface area contributed by atoms with Crippen molar-refractivity contribution >= 4 is 5.78 Å². The Balaban J connectivity index is 1.59. The first-order valence-corrected chi connectivity index (χ1v) is 5.88. The Morgan fingerprint density at radius 1 is 1.25 bits per heavy atom. The molecule has 1 unspecified atom stereocenters. The highest BCUT2D eigenvalue weighted by atomic mass is 16.1. The molecule has 3 rings (SSSR count). The van der Waals surface area contributed by atoms with E-state index in [1.165, 1.54) is 17.5 Å². The Morgan fingerprint density at radius 3 is 2.88 bits per heavy atom. The molecule has 82 valence electrons. The van der Waals surface area contributed by atoms with Gasteiger partial charge in [-0.3, -0.25) is 4.79 Å². The highest BCUT2D eigenvalue weighted by Gasteiger charge is 2.25. The summed E-state index contributed by atoms with van der Waals surface area (Å²) >= 11 is 0. The summed E-state index contributed by atoms with van der Waals surface area (Å²) in [5.74, 6) is 0.893. The van der Waals surface area contributed by atoms with Crippen LogP contribution < -0.4 is 5.32 Å². The van der Waals surface area contributed by atoms with Crippen molar-refractivity contribution in [3.63, 3.8) is 0 Å². The number of carbonyl (C=O) groups is 1. The van der Waals surface area contributed by atoms with Crippen LogP contribution in [-0.4, -0.2) is 12.3 Å². The molecule has 1 atom stereocenters. The summed E-state index contributed by atoms with van der Waals surface area (Å²) < 4.78 is 0. The maximum absolute atomic E-state index is 11.1. The normalized spacial score (nSPS) is 22.4. The second-order valence-corrected chi connectivity index (χ2v) is 4.62. The van der Waals surface area contributed by atoms with Gasteiger partial charge in [-0.25, -0.2) is 0 Å². The second-order valence-electron chi connectivity index (χ2n) is 4.62. The molecule has 0 heterocycles. The number of allylic oxidation sites excluding steroid dienone is 2. The fourth-order valence-corrected chi connectivity index (χ4v) is 2.54. The minimum Gasteiger partial charge on any atom is -0.388 e. The first-order chi connectivity index (χ1) is 7.83. The van der Waals surface area contributed by atoms with Gasteiger partial charge in [-0.15, -0.1) is 0 Å². The van der Waals surface area contributed by atoms with E-state index in [0.717, 1.165) is 18.7 Å². The zero-order chi connectivity index (χ0) is 11.0. The predicted molar refractivity (Wildman–Crippen MR) is 63.2 cm³/mol. The molecule has 0 saturated carbocycles. The average molecular weight is 213 g/mol. The molecule has 2 aliphatic rings. The Bertz CT molecular complexity index is 462. The summed E-state index contributed by atoms with van der Waals surface area (Å²) in [5.41, 5.74) is 4.07. The highest BCUT2D eigenvalue weighted by molar-refractivity contribution is 5.92. The molecule has 0 aromatic heterocycles. The van der Waals surface area contributed by atoms with Gasteiger partial charge in [-0.2, -0.15) is 0 Å². The molecule has 0 bridgehead atoms. The van der Waals surface area contributed by atoms with E-state index in [1.807, 2.05) is 0 Å². The van der Waals surface area contributed by atoms with Crippen LogP contribution in [0, 0.1) is 0 Å². The third-order valence-electron chi connectivity index (χ3n) is 3.51. The average Bonchev–Trinajstić information content (AvgIpc) is 2.66. The van der Waals surface area contributed by atoms with Crippen molar-refractivity contribution < 1.29 is 4.79 Å². The molecule has 1 aromatic carbocycles. The van der Waals surface area contributed by atoms with Crippen molar-refractivity contribution in [1.82, 2.24) is 5.32 Å². The quantitative estimate of drug-likeness (QED) is 0.833. The topological polar surface area (TPSA) is 29.1 Å². The summed E-state index contributed by atoms with van der Waals surface area (Å²) in [6.45, 7) is 0.968. The molecular weight excluding hydrogens is 198 g/mol. The lowest BCUT2D eigenvalue weighted by molar-refractivity contribution is -0.114. The zero-order valence-corrected chi connectivity index (χ0v) is 9.20. The fourth-order valence-electron chi connectivity index (χ4n) is 2.54. The number of rotatable bonds is 3. The zero-order valence-electron chi connectivity index (χ0n) is 9.20. The number of benzene rings is 1. The molecule has 2 heteroatoms. The molecule has 0 saturated heterocycles. The Labute approximate surface area is 95.4 Å². The lowest BCUT2D eigenvalue weighted by Gasteiger charge is -2.30. The molecule has 0 radical (unpaired) electrons. The van der Waals surface area contributed by atoms with Gasteiger partial charge in [0.05, 0.1) is 0 Å². The van der Waals surface area contributed by atoms with Gasteiger partial charge < -0.3 is 5.32 Å². The third-order valence-corrected chi connectivity index (χ3v) is 3.51. The number of hydrogen-bond acceptors (Lipinski definition) is 2. The van der Waals surface area contributed by atoms with E-state index in [9.17, 15) is 4.79 Å². The Hall–Kier alpha value is -1.57. The van der Waals surface area contributed by atoms with Gasteiger partial charge in [0.25, 0.3) is 0 Å². The summed E-state index contributed by atoms with van der Waals surface area (Å²) in [6, 6.07) is 8.60. The van der Waals surface area contributed by atoms with Gasteiger partial charge in [0.1, 0.15) is 0 Å². The van der Waals surface area contributed by atoms with E-state index in [2.05, 4.69) is 29.6 Å². The maximum Gasteiger partial charge on any atom is 0.157 e. The fraction of sp³-hybridized carbons (Fsp3) is 0.357. The SMILES string of the molecule is O=C1C=C(NCC2Cc3ccccc32)CC1. The van der Waals surface area contributed by atoms with Gasteiger partial charge in [0.2, 0.25) is 0 Å². The van der Waals surface area contributed by atoms with E-state index in [1.54, 1.807) is 6.08 Å². The number of fused-ring (bicyclic) bond motifs is 1. The standard InChI is InChI=1S/C14H15NO/c16-13-6-5-12(8-13)15-9-11-7-10-3-1-2-4-14(10)11/h1-4,8,11,15H,5-7,9H2.